The van der Waals surface area contributed by atoms with E-state index in [0.717, 1.165) is 5.56 Å². The quantitative estimate of drug-likeness (QED) is 0.886. The van der Waals surface area contributed by atoms with Gasteiger partial charge in [-0.2, -0.15) is 0 Å². The summed E-state index contributed by atoms with van der Waals surface area (Å²) in [5.41, 5.74) is 9.59. The highest BCUT2D eigenvalue weighted by Crippen LogP contribution is 2.22. The van der Waals surface area contributed by atoms with Gasteiger partial charge in [0.1, 0.15) is 0 Å². The highest BCUT2D eigenvalue weighted by atomic mass is 16.5. The first kappa shape index (κ1) is 13.8. The minimum Gasteiger partial charge on any atom is -0.367 e. The van der Waals surface area contributed by atoms with E-state index in [1.54, 1.807) is 0 Å². The van der Waals surface area contributed by atoms with Crippen molar-refractivity contribution in [1.29, 1.82) is 0 Å². The van der Waals surface area contributed by atoms with Crippen LogP contribution in [0.3, 0.4) is 0 Å². The van der Waals surface area contributed by atoms with Gasteiger partial charge in [-0.1, -0.05) is 60.2 Å². The van der Waals surface area contributed by atoms with E-state index in [9.17, 15) is 0 Å². The van der Waals surface area contributed by atoms with Crippen molar-refractivity contribution in [3.8, 4) is 0 Å². The fraction of sp³-hybridized carbons (Fsp3) is 0.294. The van der Waals surface area contributed by atoms with E-state index >= 15 is 0 Å². The summed E-state index contributed by atoms with van der Waals surface area (Å²) in [7, 11) is 0. The van der Waals surface area contributed by atoms with Crippen LogP contribution in [0.25, 0.3) is 0 Å². The smallest absolute Gasteiger partial charge is 0.0977 e. The molecular weight excluding hydrogens is 234 g/mol. The lowest BCUT2D eigenvalue weighted by Gasteiger charge is -2.22. The molecule has 2 aromatic rings. The molecule has 0 spiro atoms. The van der Waals surface area contributed by atoms with Gasteiger partial charge in [0.2, 0.25) is 0 Å². The Morgan fingerprint density at radius 2 is 1.63 bits per heavy atom. The maximum atomic E-state index is 6.05. The molecule has 2 nitrogen and oxygen atoms in total. The van der Waals surface area contributed by atoms with Gasteiger partial charge in [-0.05, 0) is 25.0 Å². The second kappa shape index (κ2) is 6.50. The summed E-state index contributed by atoms with van der Waals surface area (Å²) in [5.74, 6) is 0. The van der Waals surface area contributed by atoms with Crippen molar-refractivity contribution in [2.24, 2.45) is 5.73 Å². The standard InChI is InChI=1S/C17H21NO/c1-13-8-10-16(11-9-13)17(14(2)18)19-12-15-6-4-3-5-7-15/h3-11,14,17H,12,18H2,1-2H3. The van der Waals surface area contributed by atoms with Crippen LogP contribution in [0.2, 0.25) is 0 Å². The molecule has 0 aliphatic heterocycles. The van der Waals surface area contributed by atoms with Crippen LogP contribution in [0, 0.1) is 6.92 Å². The molecule has 0 aromatic heterocycles. The van der Waals surface area contributed by atoms with Gasteiger partial charge in [0.15, 0.2) is 0 Å². The van der Waals surface area contributed by atoms with Crippen molar-refractivity contribution in [3.63, 3.8) is 0 Å². The zero-order chi connectivity index (χ0) is 13.7. The number of benzene rings is 2. The Bertz CT molecular complexity index is 490. The van der Waals surface area contributed by atoms with E-state index in [4.69, 9.17) is 10.5 Å². The van der Waals surface area contributed by atoms with Crippen LogP contribution in [0.5, 0.6) is 0 Å². The minimum absolute atomic E-state index is 0.0357. The highest BCUT2D eigenvalue weighted by Gasteiger charge is 2.16. The van der Waals surface area contributed by atoms with Crippen LogP contribution in [-0.4, -0.2) is 6.04 Å². The van der Waals surface area contributed by atoms with Gasteiger partial charge >= 0.3 is 0 Å². The first-order valence-electron chi connectivity index (χ1n) is 6.64. The molecule has 0 heterocycles. The molecular formula is C17H21NO. The average molecular weight is 255 g/mol. The molecule has 0 aliphatic rings. The third-order valence-corrected chi connectivity index (χ3v) is 3.16. The monoisotopic (exact) mass is 255 g/mol. The van der Waals surface area contributed by atoms with E-state index < -0.39 is 0 Å². The lowest BCUT2D eigenvalue weighted by atomic mass is 10.0. The van der Waals surface area contributed by atoms with Gasteiger partial charge in [0.05, 0.1) is 12.7 Å². The summed E-state index contributed by atoms with van der Waals surface area (Å²) >= 11 is 0. The van der Waals surface area contributed by atoms with E-state index in [2.05, 4.69) is 43.3 Å². The SMILES string of the molecule is Cc1ccc(C(OCc2ccccc2)C(C)N)cc1. The molecule has 0 saturated carbocycles. The lowest BCUT2D eigenvalue weighted by molar-refractivity contribution is 0.0259. The van der Waals surface area contributed by atoms with E-state index in [-0.39, 0.29) is 12.1 Å². The summed E-state index contributed by atoms with van der Waals surface area (Å²) in [6.07, 6.45) is -0.0687. The summed E-state index contributed by atoms with van der Waals surface area (Å²) in [5, 5.41) is 0. The Balaban J connectivity index is 2.06. The van der Waals surface area contributed by atoms with Crippen molar-refractivity contribution < 1.29 is 4.74 Å². The van der Waals surface area contributed by atoms with Crippen molar-refractivity contribution >= 4 is 0 Å². The number of hydrogen-bond acceptors (Lipinski definition) is 2. The number of ether oxygens (including phenoxy) is 1. The third kappa shape index (κ3) is 3.91. The topological polar surface area (TPSA) is 35.2 Å². The Kier molecular flexibility index (Phi) is 4.72. The van der Waals surface area contributed by atoms with Gasteiger partial charge in [-0.15, -0.1) is 0 Å². The minimum atomic E-state index is -0.0687. The van der Waals surface area contributed by atoms with Gasteiger partial charge in [-0.25, -0.2) is 0 Å². The van der Waals surface area contributed by atoms with Crippen LogP contribution >= 0.6 is 0 Å². The lowest BCUT2D eigenvalue weighted by Crippen LogP contribution is -2.26. The molecule has 2 unspecified atom stereocenters. The Morgan fingerprint density at radius 3 is 2.21 bits per heavy atom. The summed E-state index contributed by atoms with van der Waals surface area (Å²) < 4.78 is 5.99. The fourth-order valence-corrected chi connectivity index (χ4v) is 2.07. The number of nitrogens with two attached hydrogens (primary N) is 1. The van der Waals surface area contributed by atoms with Gasteiger partial charge in [0.25, 0.3) is 0 Å². The summed E-state index contributed by atoms with van der Waals surface area (Å²) in [6, 6.07) is 18.5. The molecule has 0 radical (unpaired) electrons. The van der Waals surface area contributed by atoms with Crippen molar-refractivity contribution in [2.75, 3.05) is 0 Å². The largest absolute Gasteiger partial charge is 0.367 e. The summed E-state index contributed by atoms with van der Waals surface area (Å²) in [4.78, 5) is 0. The van der Waals surface area contributed by atoms with E-state index in [0.29, 0.717) is 6.61 Å². The fourth-order valence-electron chi connectivity index (χ4n) is 2.07. The van der Waals surface area contributed by atoms with Crippen molar-refractivity contribution in [3.05, 3.63) is 71.3 Å². The maximum absolute atomic E-state index is 6.05. The molecule has 0 bridgehead atoms. The van der Waals surface area contributed by atoms with Crippen LogP contribution in [0.1, 0.15) is 29.7 Å². The molecule has 2 heteroatoms. The second-order valence-corrected chi connectivity index (χ2v) is 4.99. The molecule has 2 rings (SSSR count). The zero-order valence-corrected chi connectivity index (χ0v) is 11.5. The summed E-state index contributed by atoms with van der Waals surface area (Å²) in [6.45, 7) is 4.64. The highest BCUT2D eigenvalue weighted by molar-refractivity contribution is 5.24. The van der Waals surface area contributed by atoms with Crippen LogP contribution in [0.4, 0.5) is 0 Å². The molecule has 2 N–H and O–H groups in total. The van der Waals surface area contributed by atoms with Gasteiger partial charge in [-0.3, -0.25) is 0 Å². The number of rotatable bonds is 5. The first-order valence-corrected chi connectivity index (χ1v) is 6.64. The molecule has 0 fully saturated rings. The Hall–Kier alpha value is -1.64. The normalized spacial score (nSPS) is 14.1. The molecule has 2 atom stereocenters. The van der Waals surface area contributed by atoms with Crippen LogP contribution in [0.15, 0.2) is 54.6 Å². The molecule has 2 aromatic carbocycles. The molecule has 19 heavy (non-hydrogen) atoms. The maximum Gasteiger partial charge on any atom is 0.0977 e. The average Bonchev–Trinajstić information content (AvgIpc) is 2.42. The van der Waals surface area contributed by atoms with Crippen LogP contribution in [-0.2, 0) is 11.3 Å². The first-order chi connectivity index (χ1) is 9.16. The number of hydrogen-bond donors (Lipinski definition) is 1. The third-order valence-electron chi connectivity index (χ3n) is 3.16. The predicted molar refractivity (Wildman–Crippen MR) is 78.8 cm³/mol. The van der Waals surface area contributed by atoms with Gasteiger partial charge in [0, 0.05) is 6.04 Å². The molecule has 0 amide bonds. The molecule has 0 saturated heterocycles. The Labute approximate surface area is 115 Å². The predicted octanol–water partition coefficient (Wildman–Crippen LogP) is 3.60. The molecule has 0 aliphatic carbocycles. The van der Waals surface area contributed by atoms with Gasteiger partial charge < -0.3 is 10.5 Å². The zero-order valence-electron chi connectivity index (χ0n) is 11.5. The van der Waals surface area contributed by atoms with E-state index in [1.165, 1.54) is 11.1 Å². The number of aryl methyl sites for hydroxylation is 1. The van der Waals surface area contributed by atoms with E-state index in [1.807, 2.05) is 25.1 Å². The van der Waals surface area contributed by atoms with Crippen LogP contribution < -0.4 is 5.73 Å². The van der Waals surface area contributed by atoms with Crippen molar-refractivity contribution in [1.82, 2.24) is 0 Å². The molecule has 100 valence electrons. The Morgan fingerprint density at radius 1 is 1.00 bits per heavy atom. The second-order valence-electron chi connectivity index (χ2n) is 4.99. The van der Waals surface area contributed by atoms with Crippen molar-refractivity contribution in [2.45, 2.75) is 32.6 Å².